The summed E-state index contributed by atoms with van der Waals surface area (Å²) in [4.78, 5) is 13.6. The summed E-state index contributed by atoms with van der Waals surface area (Å²) < 4.78 is 0. The molecule has 2 unspecified atom stereocenters. The van der Waals surface area contributed by atoms with E-state index in [0.717, 1.165) is 12.8 Å². The number of Topliss-reactive ketones (excluding diaryl/α,β-unsaturated/α-hetero) is 1. The Bertz CT molecular complexity index is 165. The van der Waals surface area contributed by atoms with Gasteiger partial charge in [0.05, 0.1) is 0 Å². The van der Waals surface area contributed by atoms with Crippen molar-refractivity contribution in [2.24, 2.45) is 5.92 Å². The number of ketones is 1. The number of nitrogens with zero attached hydrogens (tertiary/aromatic N) is 1. The van der Waals surface area contributed by atoms with Crippen molar-refractivity contribution < 1.29 is 4.79 Å². The van der Waals surface area contributed by atoms with Crippen LogP contribution in [0.4, 0.5) is 0 Å². The van der Waals surface area contributed by atoms with Gasteiger partial charge in [-0.15, -0.1) is 0 Å². The number of hydrogen-bond acceptors (Lipinski definition) is 2. The van der Waals surface area contributed by atoms with Crippen LogP contribution in [0.3, 0.4) is 0 Å². The maximum absolute atomic E-state index is 11.4. The molecule has 1 aliphatic rings. The molecule has 2 atom stereocenters. The Balaban J connectivity index is 2.52. The summed E-state index contributed by atoms with van der Waals surface area (Å²) in [6.07, 6.45) is 3.94. The molecule has 0 aliphatic heterocycles. The maximum Gasteiger partial charge on any atom is 0.134 e. The second kappa shape index (κ2) is 4.04. The highest BCUT2D eigenvalue weighted by atomic mass is 16.1. The van der Waals surface area contributed by atoms with Crippen molar-refractivity contribution in [3.8, 4) is 0 Å². The SMILES string of the molecule is CC1CCC(N(C)C)CC(=O)C1. The highest BCUT2D eigenvalue weighted by Crippen LogP contribution is 2.22. The molecule has 0 saturated heterocycles. The van der Waals surface area contributed by atoms with Crippen molar-refractivity contribution in [1.29, 1.82) is 0 Å². The van der Waals surface area contributed by atoms with Gasteiger partial charge in [0, 0.05) is 18.9 Å². The van der Waals surface area contributed by atoms with E-state index in [4.69, 9.17) is 0 Å². The molecule has 0 aromatic rings. The van der Waals surface area contributed by atoms with Gasteiger partial charge in [0.1, 0.15) is 5.78 Å². The standard InChI is InChI=1S/C10H19NO/c1-8-4-5-9(11(2)3)7-10(12)6-8/h8-9H,4-7H2,1-3H3. The van der Waals surface area contributed by atoms with Crippen molar-refractivity contribution in [1.82, 2.24) is 4.90 Å². The molecule has 70 valence electrons. The smallest absolute Gasteiger partial charge is 0.134 e. The molecular weight excluding hydrogens is 150 g/mol. The van der Waals surface area contributed by atoms with Crippen molar-refractivity contribution in [3.63, 3.8) is 0 Å². The Morgan fingerprint density at radius 2 is 1.92 bits per heavy atom. The molecule has 0 N–H and O–H groups in total. The molecule has 0 heterocycles. The summed E-state index contributed by atoms with van der Waals surface area (Å²) in [5.41, 5.74) is 0. The average Bonchev–Trinajstić information content (AvgIpc) is 2.11. The highest BCUT2D eigenvalue weighted by Gasteiger charge is 2.22. The first-order valence-electron chi connectivity index (χ1n) is 4.77. The van der Waals surface area contributed by atoms with Gasteiger partial charge in [-0.25, -0.2) is 0 Å². The molecule has 0 spiro atoms. The first-order valence-corrected chi connectivity index (χ1v) is 4.77. The molecule has 1 fully saturated rings. The lowest BCUT2D eigenvalue weighted by Crippen LogP contribution is -2.28. The monoisotopic (exact) mass is 169 g/mol. The minimum atomic E-state index is 0.443. The van der Waals surface area contributed by atoms with Gasteiger partial charge in [-0.2, -0.15) is 0 Å². The molecule has 0 amide bonds. The van der Waals surface area contributed by atoms with E-state index < -0.39 is 0 Å². The predicted octanol–water partition coefficient (Wildman–Crippen LogP) is 1.70. The largest absolute Gasteiger partial charge is 0.306 e. The predicted molar refractivity (Wildman–Crippen MR) is 50.1 cm³/mol. The van der Waals surface area contributed by atoms with Crippen molar-refractivity contribution in [2.45, 2.75) is 38.6 Å². The zero-order valence-electron chi connectivity index (χ0n) is 8.34. The second-order valence-corrected chi connectivity index (χ2v) is 4.25. The molecular formula is C10H19NO. The van der Waals surface area contributed by atoms with Crippen molar-refractivity contribution in [3.05, 3.63) is 0 Å². The summed E-state index contributed by atoms with van der Waals surface area (Å²) in [5, 5.41) is 0. The van der Waals surface area contributed by atoms with Crippen molar-refractivity contribution in [2.75, 3.05) is 14.1 Å². The van der Waals surface area contributed by atoms with E-state index in [0.29, 0.717) is 17.7 Å². The fourth-order valence-electron chi connectivity index (χ4n) is 1.86. The fourth-order valence-corrected chi connectivity index (χ4v) is 1.86. The molecule has 1 rings (SSSR count). The van der Waals surface area contributed by atoms with E-state index in [1.165, 1.54) is 12.8 Å². The van der Waals surface area contributed by atoms with Crippen LogP contribution < -0.4 is 0 Å². The van der Waals surface area contributed by atoms with E-state index in [-0.39, 0.29) is 0 Å². The third-order valence-electron chi connectivity index (χ3n) is 2.76. The summed E-state index contributed by atoms with van der Waals surface area (Å²) in [6.45, 7) is 2.18. The lowest BCUT2D eigenvalue weighted by Gasteiger charge is -2.21. The van der Waals surface area contributed by atoms with Gasteiger partial charge >= 0.3 is 0 Å². The zero-order valence-corrected chi connectivity index (χ0v) is 8.34. The highest BCUT2D eigenvalue weighted by molar-refractivity contribution is 5.79. The third-order valence-corrected chi connectivity index (χ3v) is 2.76. The van der Waals surface area contributed by atoms with Gasteiger partial charge in [-0.1, -0.05) is 6.92 Å². The molecule has 0 radical (unpaired) electrons. The summed E-state index contributed by atoms with van der Waals surface area (Å²) in [6, 6.07) is 0.488. The number of hydrogen-bond donors (Lipinski definition) is 0. The molecule has 1 aliphatic carbocycles. The maximum atomic E-state index is 11.4. The van der Waals surface area contributed by atoms with Gasteiger partial charge in [0.25, 0.3) is 0 Å². The van der Waals surface area contributed by atoms with Gasteiger partial charge in [0.2, 0.25) is 0 Å². The summed E-state index contributed by atoms with van der Waals surface area (Å²) in [7, 11) is 4.13. The fraction of sp³-hybridized carbons (Fsp3) is 0.900. The molecule has 1 saturated carbocycles. The Hall–Kier alpha value is -0.370. The van der Waals surface area contributed by atoms with Crippen LogP contribution in [-0.2, 0) is 4.79 Å². The van der Waals surface area contributed by atoms with Crippen LogP contribution in [0.15, 0.2) is 0 Å². The third kappa shape index (κ3) is 2.59. The molecule has 0 aromatic carbocycles. The lowest BCUT2D eigenvalue weighted by atomic mass is 10.0. The Morgan fingerprint density at radius 1 is 1.25 bits per heavy atom. The number of carbonyl (C=O) groups is 1. The lowest BCUT2D eigenvalue weighted by molar-refractivity contribution is -0.120. The van der Waals surface area contributed by atoms with Gasteiger partial charge in [-0.05, 0) is 32.9 Å². The van der Waals surface area contributed by atoms with E-state index in [1.54, 1.807) is 0 Å². The van der Waals surface area contributed by atoms with Gasteiger partial charge in [0.15, 0.2) is 0 Å². The van der Waals surface area contributed by atoms with Gasteiger partial charge < -0.3 is 4.90 Å². The number of rotatable bonds is 1. The van der Waals surface area contributed by atoms with E-state index in [2.05, 4.69) is 25.9 Å². The summed E-state index contributed by atoms with van der Waals surface area (Å²) in [5.74, 6) is 1.04. The first-order chi connectivity index (χ1) is 5.59. The van der Waals surface area contributed by atoms with Gasteiger partial charge in [-0.3, -0.25) is 4.79 Å². The molecule has 2 nitrogen and oxygen atoms in total. The van der Waals surface area contributed by atoms with Crippen LogP contribution in [-0.4, -0.2) is 30.8 Å². The second-order valence-electron chi connectivity index (χ2n) is 4.25. The minimum Gasteiger partial charge on any atom is -0.306 e. The van der Waals surface area contributed by atoms with Crippen LogP contribution in [0.25, 0.3) is 0 Å². The Kier molecular flexibility index (Phi) is 3.27. The normalized spacial score (nSPS) is 32.2. The summed E-state index contributed by atoms with van der Waals surface area (Å²) >= 11 is 0. The van der Waals surface area contributed by atoms with E-state index in [9.17, 15) is 4.79 Å². The Morgan fingerprint density at radius 3 is 2.50 bits per heavy atom. The van der Waals surface area contributed by atoms with E-state index in [1.807, 2.05) is 0 Å². The first kappa shape index (κ1) is 9.72. The number of carbonyl (C=O) groups excluding carboxylic acids is 1. The Labute approximate surface area is 74.9 Å². The quantitative estimate of drug-likeness (QED) is 0.557. The molecule has 0 bridgehead atoms. The minimum absolute atomic E-state index is 0.443. The van der Waals surface area contributed by atoms with Crippen molar-refractivity contribution >= 4 is 5.78 Å². The van der Waals surface area contributed by atoms with Crippen LogP contribution in [0.2, 0.25) is 0 Å². The van der Waals surface area contributed by atoms with Crippen LogP contribution in [0.1, 0.15) is 32.6 Å². The molecule has 12 heavy (non-hydrogen) atoms. The van der Waals surface area contributed by atoms with Crippen LogP contribution in [0, 0.1) is 5.92 Å². The average molecular weight is 169 g/mol. The molecule has 2 heteroatoms. The van der Waals surface area contributed by atoms with Crippen LogP contribution in [0.5, 0.6) is 0 Å². The molecule has 0 aromatic heterocycles. The van der Waals surface area contributed by atoms with E-state index >= 15 is 0 Å². The van der Waals surface area contributed by atoms with Crippen LogP contribution >= 0.6 is 0 Å². The zero-order chi connectivity index (χ0) is 9.14. The topological polar surface area (TPSA) is 20.3 Å².